The van der Waals surface area contributed by atoms with Crippen LogP contribution in [-0.4, -0.2) is 24.0 Å². The highest BCUT2D eigenvalue weighted by molar-refractivity contribution is 5.21. The monoisotopic (exact) mass is 216 g/mol. The second-order valence-corrected chi connectivity index (χ2v) is 5.19. The summed E-state index contributed by atoms with van der Waals surface area (Å²) in [6.07, 6.45) is 4.03. The average Bonchev–Trinajstić information content (AvgIpc) is 3.10. The van der Waals surface area contributed by atoms with E-state index in [2.05, 4.69) is 35.2 Å². The smallest absolute Gasteiger partial charge is 0.0354 e. The zero-order valence-electron chi connectivity index (χ0n) is 9.68. The van der Waals surface area contributed by atoms with E-state index in [0.717, 1.165) is 12.6 Å². The van der Waals surface area contributed by atoms with Gasteiger partial charge in [-0.2, -0.15) is 0 Å². The Kier molecular flexibility index (Phi) is 2.70. The highest BCUT2D eigenvalue weighted by Gasteiger charge is 2.40. The van der Waals surface area contributed by atoms with Gasteiger partial charge in [0, 0.05) is 18.6 Å². The molecule has 1 aliphatic heterocycles. The van der Waals surface area contributed by atoms with Crippen molar-refractivity contribution < 1.29 is 0 Å². The summed E-state index contributed by atoms with van der Waals surface area (Å²) >= 11 is 0. The van der Waals surface area contributed by atoms with E-state index < -0.39 is 0 Å². The average molecular weight is 216 g/mol. The Morgan fingerprint density at radius 3 is 2.56 bits per heavy atom. The lowest BCUT2D eigenvalue weighted by Gasteiger charge is -2.24. The van der Waals surface area contributed by atoms with Gasteiger partial charge in [-0.3, -0.25) is 4.90 Å². The fourth-order valence-corrected chi connectivity index (χ4v) is 2.93. The van der Waals surface area contributed by atoms with Gasteiger partial charge in [0.2, 0.25) is 0 Å². The number of hydrogen-bond acceptors (Lipinski definition) is 2. The van der Waals surface area contributed by atoms with Gasteiger partial charge in [-0.1, -0.05) is 30.3 Å². The second-order valence-electron chi connectivity index (χ2n) is 5.19. The molecule has 0 bridgehead atoms. The summed E-state index contributed by atoms with van der Waals surface area (Å²) < 4.78 is 0. The van der Waals surface area contributed by atoms with Crippen molar-refractivity contribution in [3.8, 4) is 0 Å². The molecule has 2 unspecified atom stereocenters. The summed E-state index contributed by atoms with van der Waals surface area (Å²) in [5, 5.41) is 0. The summed E-state index contributed by atoms with van der Waals surface area (Å²) in [6.45, 7) is 2.05. The van der Waals surface area contributed by atoms with Gasteiger partial charge in [0.1, 0.15) is 0 Å². The van der Waals surface area contributed by atoms with Crippen LogP contribution in [-0.2, 0) is 0 Å². The minimum atomic E-state index is 0.627. The van der Waals surface area contributed by atoms with Crippen LogP contribution in [0, 0.1) is 5.92 Å². The molecule has 1 aromatic rings. The van der Waals surface area contributed by atoms with Gasteiger partial charge >= 0.3 is 0 Å². The third-order valence-corrected chi connectivity index (χ3v) is 3.96. The van der Waals surface area contributed by atoms with Crippen LogP contribution in [0.15, 0.2) is 30.3 Å². The molecule has 1 aromatic carbocycles. The fourth-order valence-electron chi connectivity index (χ4n) is 2.93. The lowest BCUT2D eigenvalue weighted by atomic mass is 10.00. The number of rotatable bonds is 3. The Balaban J connectivity index is 1.81. The van der Waals surface area contributed by atoms with Crippen LogP contribution in [0.4, 0.5) is 0 Å². The first kappa shape index (κ1) is 10.3. The fraction of sp³-hybridized carbons (Fsp3) is 0.571. The highest BCUT2D eigenvalue weighted by Crippen LogP contribution is 2.42. The molecule has 1 aliphatic carbocycles. The minimum Gasteiger partial charge on any atom is -0.330 e. The van der Waals surface area contributed by atoms with Crippen LogP contribution in [0.5, 0.6) is 0 Å². The lowest BCUT2D eigenvalue weighted by molar-refractivity contribution is 0.243. The van der Waals surface area contributed by atoms with E-state index in [1.54, 1.807) is 0 Å². The molecule has 2 N–H and O–H groups in total. The largest absolute Gasteiger partial charge is 0.330 e. The van der Waals surface area contributed by atoms with Gasteiger partial charge in [-0.15, -0.1) is 0 Å². The highest BCUT2D eigenvalue weighted by atomic mass is 15.2. The van der Waals surface area contributed by atoms with Crippen molar-refractivity contribution in [2.24, 2.45) is 11.7 Å². The number of hydrogen-bond donors (Lipinski definition) is 1. The van der Waals surface area contributed by atoms with Crippen LogP contribution in [0.2, 0.25) is 0 Å². The van der Waals surface area contributed by atoms with E-state index in [-0.39, 0.29) is 0 Å². The summed E-state index contributed by atoms with van der Waals surface area (Å²) in [5.74, 6) is 0.700. The number of benzene rings is 1. The zero-order chi connectivity index (χ0) is 11.0. The van der Waals surface area contributed by atoms with Crippen LogP contribution in [0.1, 0.15) is 30.9 Å². The molecule has 0 aromatic heterocycles. The zero-order valence-corrected chi connectivity index (χ0v) is 9.68. The maximum atomic E-state index is 5.83. The molecule has 0 radical (unpaired) electrons. The first-order valence-corrected chi connectivity index (χ1v) is 6.39. The first-order valence-electron chi connectivity index (χ1n) is 6.39. The van der Waals surface area contributed by atoms with E-state index in [4.69, 9.17) is 5.73 Å². The molecule has 0 amide bonds. The molecule has 0 spiro atoms. The molecule has 3 rings (SSSR count). The molecule has 2 fully saturated rings. The Labute approximate surface area is 97.4 Å². The molecule has 86 valence electrons. The van der Waals surface area contributed by atoms with Gasteiger partial charge in [0.05, 0.1) is 0 Å². The van der Waals surface area contributed by atoms with Gasteiger partial charge in [-0.25, -0.2) is 0 Å². The predicted octanol–water partition coefficient (Wildman–Crippen LogP) is 2.17. The van der Waals surface area contributed by atoms with E-state index >= 15 is 0 Å². The normalized spacial score (nSPS) is 30.8. The van der Waals surface area contributed by atoms with Crippen molar-refractivity contribution in [1.82, 2.24) is 4.90 Å². The molecule has 1 saturated carbocycles. The second kappa shape index (κ2) is 4.19. The van der Waals surface area contributed by atoms with Crippen LogP contribution < -0.4 is 5.73 Å². The van der Waals surface area contributed by atoms with Crippen LogP contribution >= 0.6 is 0 Å². The summed E-state index contributed by atoms with van der Waals surface area (Å²) in [5.41, 5.74) is 7.31. The van der Waals surface area contributed by atoms with Gasteiger partial charge < -0.3 is 5.73 Å². The van der Waals surface area contributed by atoms with Crippen molar-refractivity contribution in [3.63, 3.8) is 0 Å². The molecule has 16 heavy (non-hydrogen) atoms. The molecule has 2 atom stereocenters. The third-order valence-electron chi connectivity index (χ3n) is 3.96. The standard InChI is InChI=1S/C14H20N2/c15-9-11-8-14(12-4-2-1-3-5-12)16(10-11)13-6-7-13/h1-5,11,13-14H,6-10,15H2. The van der Waals surface area contributed by atoms with Crippen LogP contribution in [0.25, 0.3) is 0 Å². The number of likely N-dealkylation sites (tertiary alicyclic amines) is 1. The summed E-state index contributed by atoms with van der Waals surface area (Å²) in [4.78, 5) is 2.69. The van der Waals surface area contributed by atoms with Crippen molar-refractivity contribution in [1.29, 1.82) is 0 Å². The minimum absolute atomic E-state index is 0.627. The van der Waals surface area contributed by atoms with E-state index in [1.807, 2.05) is 0 Å². The van der Waals surface area contributed by atoms with Gasteiger partial charge in [0.25, 0.3) is 0 Å². The Morgan fingerprint density at radius 2 is 1.94 bits per heavy atom. The van der Waals surface area contributed by atoms with Crippen molar-refractivity contribution in [2.75, 3.05) is 13.1 Å². The molecular formula is C14H20N2. The molecule has 1 saturated heterocycles. The van der Waals surface area contributed by atoms with Crippen LogP contribution in [0.3, 0.4) is 0 Å². The number of nitrogens with two attached hydrogens (primary N) is 1. The Morgan fingerprint density at radius 1 is 1.19 bits per heavy atom. The molecule has 1 heterocycles. The summed E-state index contributed by atoms with van der Waals surface area (Å²) in [7, 11) is 0. The topological polar surface area (TPSA) is 29.3 Å². The van der Waals surface area contributed by atoms with Crippen molar-refractivity contribution in [2.45, 2.75) is 31.3 Å². The van der Waals surface area contributed by atoms with Crippen molar-refractivity contribution in [3.05, 3.63) is 35.9 Å². The Bertz CT molecular complexity index is 345. The maximum absolute atomic E-state index is 5.83. The van der Waals surface area contributed by atoms with E-state index in [9.17, 15) is 0 Å². The van der Waals surface area contributed by atoms with Gasteiger partial charge in [-0.05, 0) is 37.3 Å². The van der Waals surface area contributed by atoms with Gasteiger partial charge in [0.15, 0.2) is 0 Å². The van der Waals surface area contributed by atoms with E-state index in [1.165, 1.54) is 31.4 Å². The molecule has 2 heteroatoms. The molecule has 2 nitrogen and oxygen atoms in total. The quantitative estimate of drug-likeness (QED) is 0.839. The van der Waals surface area contributed by atoms with E-state index in [0.29, 0.717) is 12.0 Å². The summed E-state index contributed by atoms with van der Waals surface area (Å²) in [6, 6.07) is 12.4. The molecular weight excluding hydrogens is 196 g/mol. The predicted molar refractivity (Wildman–Crippen MR) is 66.1 cm³/mol. The van der Waals surface area contributed by atoms with Crippen molar-refractivity contribution >= 4 is 0 Å². The Hall–Kier alpha value is -0.860. The first-order chi connectivity index (χ1) is 7.88. The molecule has 2 aliphatic rings. The lowest BCUT2D eigenvalue weighted by Crippen LogP contribution is -2.27. The SMILES string of the molecule is NCC1CC(c2ccccc2)N(C2CC2)C1. The number of nitrogens with zero attached hydrogens (tertiary/aromatic N) is 1. The maximum Gasteiger partial charge on any atom is 0.0354 e. The third kappa shape index (κ3) is 1.87.